The second kappa shape index (κ2) is 9.25. The highest BCUT2D eigenvalue weighted by atomic mass is 19.3. The van der Waals surface area contributed by atoms with E-state index in [1.54, 1.807) is 26.1 Å². The first-order valence-corrected chi connectivity index (χ1v) is 10.9. The summed E-state index contributed by atoms with van der Waals surface area (Å²) in [5.74, 6) is -1.24. The number of alkyl halides is 2. The van der Waals surface area contributed by atoms with E-state index < -0.39 is 29.8 Å². The fourth-order valence-corrected chi connectivity index (χ4v) is 4.45. The van der Waals surface area contributed by atoms with Crippen molar-refractivity contribution in [3.63, 3.8) is 0 Å². The lowest BCUT2D eigenvalue weighted by Crippen LogP contribution is -2.36. The van der Waals surface area contributed by atoms with Gasteiger partial charge in [-0.05, 0) is 43.4 Å². The molecule has 0 spiro atoms. The first-order valence-electron chi connectivity index (χ1n) is 10.9. The molecule has 4 rings (SSSR count). The lowest BCUT2D eigenvalue weighted by molar-refractivity contribution is -0.129. The third-order valence-electron chi connectivity index (χ3n) is 6.34. The van der Waals surface area contributed by atoms with Crippen LogP contribution >= 0.6 is 0 Å². The van der Waals surface area contributed by atoms with Crippen LogP contribution in [-0.2, 0) is 4.79 Å². The van der Waals surface area contributed by atoms with Crippen LogP contribution in [0.5, 0.6) is 0 Å². The Morgan fingerprint density at radius 1 is 1.18 bits per heavy atom. The summed E-state index contributed by atoms with van der Waals surface area (Å²) in [5, 5.41) is 10.4. The maximum atomic E-state index is 14.5. The van der Waals surface area contributed by atoms with Gasteiger partial charge in [0.1, 0.15) is 5.82 Å². The quantitative estimate of drug-likeness (QED) is 0.573. The Balaban J connectivity index is 1.59. The Bertz CT molecular complexity index is 1190. The Morgan fingerprint density at radius 3 is 2.55 bits per heavy atom. The number of hydrogen-bond donors (Lipinski definition) is 2. The SMILES string of the molecule is CC(=O)N1CCC(c2cc(C(=O)N[C@H](C)c3cccc(C(F)F)c3F)c3[nH]ncc3c2)CC1. The van der Waals surface area contributed by atoms with Crippen molar-refractivity contribution in [1.82, 2.24) is 20.4 Å². The van der Waals surface area contributed by atoms with Crippen molar-refractivity contribution in [3.8, 4) is 0 Å². The highest BCUT2D eigenvalue weighted by Crippen LogP contribution is 2.32. The van der Waals surface area contributed by atoms with Crippen LogP contribution < -0.4 is 5.32 Å². The third-order valence-corrected chi connectivity index (χ3v) is 6.34. The van der Waals surface area contributed by atoms with Crippen molar-refractivity contribution in [3.05, 3.63) is 64.6 Å². The highest BCUT2D eigenvalue weighted by Gasteiger charge is 2.25. The first-order chi connectivity index (χ1) is 15.8. The van der Waals surface area contributed by atoms with Crippen molar-refractivity contribution in [2.45, 2.75) is 45.1 Å². The van der Waals surface area contributed by atoms with Crippen molar-refractivity contribution < 1.29 is 22.8 Å². The molecule has 2 heterocycles. The van der Waals surface area contributed by atoms with Crippen LogP contribution in [0.15, 0.2) is 36.5 Å². The molecule has 0 unspecified atom stereocenters. The van der Waals surface area contributed by atoms with Gasteiger partial charge in [0.2, 0.25) is 5.91 Å². The van der Waals surface area contributed by atoms with Crippen LogP contribution in [0, 0.1) is 5.82 Å². The van der Waals surface area contributed by atoms with E-state index in [1.807, 2.05) is 11.0 Å². The smallest absolute Gasteiger partial charge is 0.266 e. The summed E-state index contributed by atoms with van der Waals surface area (Å²) in [6.07, 6.45) is 0.261. The number of hydrogen-bond acceptors (Lipinski definition) is 3. The van der Waals surface area contributed by atoms with Crippen molar-refractivity contribution >= 4 is 22.7 Å². The van der Waals surface area contributed by atoms with Gasteiger partial charge >= 0.3 is 0 Å². The van der Waals surface area contributed by atoms with E-state index in [2.05, 4.69) is 15.5 Å². The van der Waals surface area contributed by atoms with Gasteiger partial charge in [-0.15, -0.1) is 0 Å². The van der Waals surface area contributed by atoms with Gasteiger partial charge in [0, 0.05) is 31.0 Å². The largest absolute Gasteiger partial charge is 0.345 e. The average Bonchev–Trinajstić information content (AvgIpc) is 3.27. The number of amides is 2. The number of fused-ring (bicyclic) bond motifs is 1. The van der Waals surface area contributed by atoms with Crippen LogP contribution in [0.2, 0.25) is 0 Å². The van der Waals surface area contributed by atoms with Gasteiger partial charge < -0.3 is 10.2 Å². The molecule has 33 heavy (non-hydrogen) atoms. The van der Waals surface area contributed by atoms with Gasteiger partial charge in [-0.1, -0.05) is 18.2 Å². The van der Waals surface area contributed by atoms with E-state index in [-0.39, 0.29) is 17.4 Å². The molecule has 1 fully saturated rings. The minimum atomic E-state index is -2.94. The molecule has 2 N–H and O–H groups in total. The minimum absolute atomic E-state index is 0.00485. The highest BCUT2D eigenvalue weighted by molar-refractivity contribution is 6.06. The molecule has 0 bridgehead atoms. The summed E-state index contributed by atoms with van der Waals surface area (Å²) in [6.45, 7) is 4.42. The third kappa shape index (κ3) is 4.58. The Kier molecular flexibility index (Phi) is 6.40. The topological polar surface area (TPSA) is 78.1 Å². The van der Waals surface area contributed by atoms with Crippen LogP contribution in [0.25, 0.3) is 10.9 Å². The zero-order valence-electron chi connectivity index (χ0n) is 18.4. The molecule has 1 aliphatic rings. The molecule has 9 heteroatoms. The first kappa shape index (κ1) is 22.8. The molecule has 0 saturated carbocycles. The molecule has 1 aliphatic heterocycles. The van der Waals surface area contributed by atoms with E-state index in [1.165, 1.54) is 12.1 Å². The Hall–Kier alpha value is -3.36. The summed E-state index contributed by atoms with van der Waals surface area (Å²) >= 11 is 0. The van der Waals surface area contributed by atoms with Gasteiger partial charge in [0.15, 0.2) is 0 Å². The molecule has 6 nitrogen and oxygen atoms in total. The van der Waals surface area contributed by atoms with Gasteiger partial charge in [0.05, 0.1) is 28.9 Å². The predicted molar refractivity (Wildman–Crippen MR) is 118 cm³/mol. The van der Waals surface area contributed by atoms with Gasteiger partial charge in [-0.25, -0.2) is 13.2 Å². The molecule has 0 aliphatic carbocycles. The summed E-state index contributed by atoms with van der Waals surface area (Å²) in [4.78, 5) is 26.6. The maximum Gasteiger partial charge on any atom is 0.266 e. The molecule has 174 valence electrons. The number of halogens is 3. The molecule has 1 atom stereocenters. The number of rotatable bonds is 5. The number of likely N-dealkylation sites (tertiary alicyclic amines) is 1. The summed E-state index contributed by atoms with van der Waals surface area (Å²) < 4.78 is 40.7. The zero-order chi connectivity index (χ0) is 23.7. The van der Waals surface area contributed by atoms with Crippen LogP contribution in [0.1, 0.15) is 72.1 Å². The second-order valence-electron chi connectivity index (χ2n) is 8.43. The molecular weight excluding hydrogens is 433 g/mol. The fraction of sp³-hybridized carbons (Fsp3) is 0.375. The van der Waals surface area contributed by atoms with E-state index >= 15 is 0 Å². The normalized spacial score (nSPS) is 15.8. The number of carbonyl (C=O) groups excluding carboxylic acids is 2. The number of nitrogens with zero attached hydrogens (tertiary/aromatic N) is 2. The molecule has 2 aromatic carbocycles. The summed E-state index contributed by atoms with van der Waals surface area (Å²) in [6, 6.07) is 6.73. The van der Waals surface area contributed by atoms with Crippen LogP contribution in [0.4, 0.5) is 13.2 Å². The molecule has 1 aromatic heterocycles. The van der Waals surface area contributed by atoms with Crippen LogP contribution in [0.3, 0.4) is 0 Å². The number of nitrogens with one attached hydrogen (secondary N) is 2. The lowest BCUT2D eigenvalue weighted by Gasteiger charge is -2.31. The van der Waals surface area contributed by atoms with E-state index in [4.69, 9.17) is 0 Å². The number of piperidine rings is 1. The monoisotopic (exact) mass is 458 g/mol. The minimum Gasteiger partial charge on any atom is -0.345 e. The number of H-pyrrole nitrogens is 1. The standard InChI is InChI=1S/C24H25F3N4O2/c1-13(18-4-3-5-19(21(18)25)23(26)27)29-24(33)20-11-16(10-17-12-28-30-22(17)20)15-6-8-31(9-7-15)14(2)32/h3-5,10-13,15,23H,6-9H2,1-2H3,(H,28,30)(H,29,33)/t13-/m1/s1. The lowest BCUT2D eigenvalue weighted by atomic mass is 9.87. The van der Waals surface area contributed by atoms with E-state index in [9.17, 15) is 22.8 Å². The van der Waals surface area contributed by atoms with Crippen molar-refractivity contribution in [2.24, 2.45) is 0 Å². The molecule has 2 amide bonds. The number of benzene rings is 2. The van der Waals surface area contributed by atoms with Gasteiger partial charge in [0.25, 0.3) is 12.3 Å². The summed E-state index contributed by atoms with van der Waals surface area (Å²) in [7, 11) is 0. The second-order valence-corrected chi connectivity index (χ2v) is 8.43. The Morgan fingerprint density at radius 2 is 1.88 bits per heavy atom. The number of aromatic nitrogens is 2. The maximum absolute atomic E-state index is 14.5. The zero-order valence-corrected chi connectivity index (χ0v) is 18.4. The predicted octanol–water partition coefficient (Wildman–Crippen LogP) is 4.86. The van der Waals surface area contributed by atoms with E-state index in [0.717, 1.165) is 29.9 Å². The number of aromatic amines is 1. The van der Waals surface area contributed by atoms with Crippen molar-refractivity contribution in [2.75, 3.05) is 13.1 Å². The Labute approximate surface area is 189 Å². The average molecular weight is 458 g/mol. The molecule has 0 radical (unpaired) electrons. The molecule has 1 saturated heterocycles. The van der Waals surface area contributed by atoms with Gasteiger partial charge in [-0.2, -0.15) is 5.10 Å². The summed E-state index contributed by atoms with van der Waals surface area (Å²) in [5.41, 5.74) is 1.17. The molecule has 3 aromatic rings. The fourth-order valence-electron chi connectivity index (χ4n) is 4.45. The van der Waals surface area contributed by atoms with E-state index in [0.29, 0.717) is 24.2 Å². The van der Waals surface area contributed by atoms with Crippen LogP contribution in [-0.4, -0.2) is 40.0 Å². The molecular formula is C24H25F3N4O2. The van der Waals surface area contributed by atoms with Crippen molar-refractivity contribution in [1.29, 1.82) is 0 Å². The van der Waals surface area contributed by atoms with Gasteiger partial charge in [-0.3, -0.25) is 14.7 Å². The number of carbonyl (C=O) groups is 2.